The van der Waals surface area contributed by atoms with Crippen LogP contribution in [0, 0.1) is 5.82 Å². The van der Waals surface area contributed by atoms with Gasteiger partial charge in [0, 0.05) is 12.0 Å². The summed E-state index contributed by atoms with van der Waals surface area (Å²) < 4.78 is 13.8. The van der Waals surface area contributed by atoms with E-state index in [9.17, 15) is 9.50 Å². The zero-order valence-corrected chi connectivity index (χ0v) is 10.1. The molecule has 1 saturated carbocycles. The van der Waals surface area contributed by atoms with Gasteiger partial charge in [-0.3, -0.25) is 0 Å². The van der Waals surface area contributed by atoms with Gasteiger partial charge in [0.15, 0.2) is 0 Å². The van der Waals surface area contributed by atoms with Crippen molar-refractivity contribution in [1.82, 2.24) is 0 Å². The molecule has 2 heteroatoms. The quantitative estimate of drug-likeness (QED) is 0.872. The monoisotopic (exact) mass is 242 g/mol. The molecule has 0 heterocycles. The molecule has 0 spiro atoms. The van der Waals surface area contributed by atoms with Crippen molar-refractivity contribution < 1.29 is 9.50 Å². The van der Waals surface area contributed by atoms with Crippen LogP contribution in [0.25, 0.3) is 11.1 Å². The SMILES string of the molecule is OC1(Cc2ccc(F)c(-c3ccccc3)c2)CC1. The topological polar surface area (TPSA) is 20.2 Å². The predicted molar refractivity (Wildman–Crippen MR) is 69.7 cm³/mol. The fourth-order valence-corrected chi connectivity index (χ4v) is 2.22. The summed E-state index contributed by atoms with van der Waals surface area (Å²) in [7, 11) is 0. The number of hydrogen-bond acceptors (Lipinski definition) is 1. The normalized spacial score (nSPS) is 16.6. The van der Waals surface area contributed by atoms with Gasteiger partial charge >= 0.3 is 0 Å². The molecule has 1 aliphatic rings. The van der Waals surface area contributed by atoms with Gasteiger partial charge in [0.05, 0.1) is 5.60 Å². The summed E-state index contributed by atoms with van der Waals surface area (Å²) in [5.74, 6) is -0.215. The molecule has 1 aliphatic carbocycles. The van der Waals surface area contributed by atoms with Gasteiger partial charge in [-0.2, -0.15) is 0 Å². The highest BCUT2D eigenvalue weighted by Crippen LogP contribution is 2.38. The molecule has 1 nitrogen and oxygen atoms in total. The Labute approximate surface area is 106 Å². The molecular weight excluding hydrogens is 227 g/mol. The van der Waals surface area contributed by atoms with E-state index in [1.54, 1.807) is 6.07 Å². The lowest BCUT2D eigenvalue weighted by Crippen LogP contribution is -2.10. The van der Waals surface area contributed by atoms with Gasteiger partial charge in [-0.15, -0.1) is 0 Å². The second kappa shape index (κ2) is 4.21. The molecule has 0 bridgehead atoms. The van der Waals surface area contributed by atoms with Crippen molar-refractivity contribution in [2.24, 2.45) is 0 Å². The minimum atomic E-state index is -0.536. The van der Waals surface area contributed by atoms with Gasteiger partial charge in [0.25, 0.3) is 0 Å². The van der Waals surface area contributed by atoms with Crippen molar-refractivity contribution in [3.63, 3.8) is 0 Å². The molecule has 18 heavy (non-hydrogen) atoms. The molecule has 0 amide bonds. The molecule has 0 aliphatic heterocycles. The highest BCUT2D eigenvalue weighted by molar-refractivity contribution is 5.64. The maximum Gasteiger partial charge on any atom is 0.131 e. The number of halogens is 1. The van der Waals surface area contributed by atoms with Crippen LogP contribution in [0.4, 0.5) is 4.39 Å². The van der Waals surface area contributed by atoms with E-state index in [0.717, 1.165) is 24.0 Å². The third-order valence-corrected chi connectivity index (χ3v) is 3.48. The Morgan fingerprint density at radius 3 is 2.44 bits per heavy atom. The van der Waals surface area contributed by atoms with E-state index in [-0.39, 0.29) is 5.82 Å². The van der Waals surface area contributed by atoms with Crippen molar-refractivity contribution in [2.45, 2.75) is 24.9 Å². The van der Waals surface area contributed by atoms with Gasteiger partial charge in [-0.25, -0.2) is 4.39 Å². The summed E-state index contributed by atoms with van der Waals surface area (Å²) in [6, 6.07) is 14.6. The molecule has 0 saturated heterocycles. The van der Waals surface area contributed by atoms with Crippen LogP contribution in [-0.2, 0) is 6.42 Å². The van der Waals surface area contributed by atoms with Crippen LogP contribution >= 0.6 is 0 Å². The second-order valence-corrected chi connectivity index (χ2v) is 5.08. The van der Waals surface area contributed by atoms with Crippen LogP contribution in [0.2, 0.25) is 0 Å². The van der Waals surface area contributed by atoms with E-state index >= 15 is 0 Å². The minimum Gasteiger partial charge on any atom is -0.390 e. The van der Waals surface area contributed by atoms with Crippen molar-refractivity contribution in [3.05, 3.63) is 59.9 Å². The van der Waals surface area contributed by atoms with E-state index in [1.165, 1.54) is 6.07 Å². The zero-order valence-electron chi connectivity index (χ0n) is 10.1. The molecule has 0 radical (unpaired) electrons. The predicted octanol–water partition coefficient (Wildman–Crippen LogP) is 3.56. The highest BCUT2D eigenvalue weighted by atomic mass is 19.1. The van der Waals surface area contributed by atoms with Crippen LogP contribution in [-0.4, -0.2) is 10.7 Å². The van der Waals surface area contributed by atoms with Crippen LogP contribution in [0.5, 0.6) is 0 Å². The van der Waals surface area contributed by atoms with Gasteiger partial charge < -0.3 is 5.11 Å². The first-order valence-corrected chi connectivity index (χ1v) is 6.23. The Hall–Kier alpha value is -1.67. The van der Waals surface area contributed by atoms with E-state index in [4.69, 9.17) is 0 Å². The van der Waals surface area contributed by atoms with E-state index in [1.807, 2.05) is 36.4 Å². The first-order chi connectivity index (χ1) is 8.66. The van der Waals surface area contributed by atoms with E-state index < -0.39 is 5.60 Å². The summed E-state index contributed by atoms with van der Waals surface area (Å²) in [4.78, 5) is 0. The number of rotatable bonds is 3. The van der Waals surface area contributed by atoms with Crippen LogP contribution < -0.4 is 0 Å². The molecule has 0 unspecified atom stereocenters. The van der Waals surface area contributed by atoms with Gasteiger partial charge in [-0.1, -0.05) is 36.4 Å². The van der Waals surface area contributed by atoms with Crippen molar-refractivity contribution in [2.75, 3.05) is 0 Å². The molecule has 3 rings (SSSR count). The van der Waals surface area contributed by atoms with Crippen LogP contribution in [0.1, 0.15) is 18.4 Å². The van der Waals surface area contributed by atoms with Crippen molar-refractivity contribution in [1.29, 1.82) is 0 Å². The average molecular weight is 242 g/mol. The molecule has 2 aromatic rings. The maximum absolute atomic E-state index is 13.8. The number of aliphatic hydroxyl groups is 1. The van der Waals surface area contributed by atoms with E-state index in [2.05, 4.69) is 0 Å². The molecule has 92 valence electrons. The van der Waals surface area contributed by atoms with Gasteiger partial charge in [0.2, 0.25) is 0 Å². The maximum atomic E-state index is 13.8. The van der Waals surface area contributed by atoms with Gasteiger partial charge in [0.1, 0.15) is 5.82 Å². The second-order valence-electron chi connectivity index (χ2n) is 5.08. The van der Waals surface area contributed by atoms with Gasteiger partial charge in [-0.05, 0) is 36.1 Å². The lowest BCUT2D eigenvalue weighted by atomic mass is 9.99. The lowest BCUT2D eigenvalue weighted by Gasteiger charge is -2.10. The minimum absolute atomic E-state index is 0.215. The number of benzene rings is 2. The summed E-state index contributed by atoms with van der Waals surface area (Å²) in [6.45, 7) is 0. The molecule has 0 aromatic heterocycles. The third-order valence-electron chi connectivity index (χ3n) is 3.48. The van der Waals surface area contributed by atoms with Crippen molar-refractivity contribution >= 4 is 0 Å². The lowest BCUT2D eigenvalue weighted by molar-refractivity contribution is 0.151. The summed E-state index contributed by atoms with van der Waals surface area (Å²) in [5.41, 5.74) is 1.94. The fraction of sp³-hybridized carbons (Fsp3) is 0.250. The Bertz CT molecular complexity index is 559. The Morgan fingerprint density at radius 1 is 1.06 bits per heavy atom. The molecule has 0 atom stereocenters. The zero-order chi connectivity index (χ0) is 12.6. The average Bonchev–Trinajstić information content (AvgIpc) is 3.11. The van der Waals surface area contributed by atoms with Crippen LogP contribution in [0.3, 0.4) is 0 Å². The Morgan fingerprint density at radius 2 is 1.78 bits per heavy atom. The Kier molecular flexibility index (Phi) is 2.67. The summed E-state index contributed by atoms with van der Waals surface area (Å²) in [5, 5.41) is 9.92. The third kappa shape index (κ3) is 2.29. The first-order valence-electron chi connectivity index (χ1n) is 6.23. The largest absolute Gasteiger partial charge is 0.390 e. The van der Waals surface area contributed by atoms with Crippen molar-refractivity contribution in [3.8, 4) is 11.1 Å². The van der Waals surface area contributed by atoms with E-state index in [0.29, 0.717) is 12.0 Å². The highest BCUT2D eigenvalue weighted by Gasteiger charge is 2.40. The molecular formula is C16H15FO. The summed E-state index contributed by atoms with van der Waals surface area (Å²) in [6.07, 6.45) is 2.32. The number of hydrogen-bond donors (Lipinski definition) is 1. The first kappa shape index (κ1) is 11.4. The molecule has 1 fully saturated rings. The summed E-state index contributed by atoms with van der Waals surface area (Å²) >= 11 is 0. The standard InChI is InChI=1S/C16H15FO/c17-15-7-6-12(11-16(18)8-9-16)10-14(15)13-4-2-1-3-5-13/h1-7,10,18H,8-9,11H2. The van der Waals surface area contributed by atoms with Crippen LogP contribution in [0.15, 0.2) is 48.5 Å². The molecule has 1 N–H and O–H groups in total. The molecule has 2 aromatic carbocycles. The smallest absolute Gasteiger partial charge is 0.131 e. The Balaban J connectivity index is 1.96. The fourth-order valence-electron chi connectivity index (χ4n) is 2.22.